The lowest BCUT2D eigenvalue weighted by molar-refractivity contribution is 0.412. The van der Waals surface area contributed by atoms with Gasteiger partial charge in [0.05, 0.1) is 23.8 Å². The summed E-state index contributed by atoms with van der Waals surface area (Å²) in [4.78, 5) is 8.54. The van der Waals surface area contributed by atoms with E-state index in [0.717, 1.165) is 30.9 Å². The molecule has 0 amide bonds. The van der Waals surface area contributed by atoms with Gasteiger partial charge in [-0.05, 0) is 19.9 Å². The van der Waals surface area contributed by atoms with Crippen molar-refractivity contribution >= 4 is 0 Å². The molecule has 0 aliphatic heterocycles. The number of ether oxygens (including phenoxy) is 1. The Morgan fingerprint density at radius 3 is 2.74 bits per heavy atom. The van der Waals surface area contributed by atoms with Crippen LogP contribution >= 0.6 is 0 Å². The molecule has 0 spiro atoms. The molecule has 0 saturated heterocycles. The quantitative estimate of drug-likeness (QED) is 0.803. The zero-order valence-corrected chi connectivity index (χ0v) is 11.6. The monoisotopic (exact) mass is 261 g/mol. The number of rotatable bonds is 6. The van der Waals surface area contributed by atoms with Gasteiger partial charge >= 0.3 is 0 Å². The Hall–Kier alpha value is -1.95. The standard InChI is InChI=1S/C13H19N5O/c1-4-5-14-7-11-8-16-12(9-15-11)19-13-6-10(2)17-18(13)3/h6,8-9,14H,4-5,7H2,1-3H3. The zero-order valence-electron chi connectivity index (χ0n) is 11.6. The Bertz CT molecular complexity index is 520. The third-order valence-electron chi connectivity index (χ3n) is 2.58. The smallest absolute Gasteiger partial charge is 0.239 e. The van der Waals surface area contributed by atoms with Crippen molar-refractivity contribution in [1.29, 1.82) is 0 Å². The Morgan fingerprint density at radius 1 is 1.32 bits per heavy atom. The minimum absolute atomic E-state index is 0.474. The molecule has 2 aromatic heterocycles. The van der Waals surface area contributed by atoms with Gasteiger partial charge in [-0.15, -0.1) is 0 Å². The van der Waals surface area contributed by atoms with E-state index in [0.29, 0.717) is 11.8 Å². The van der Waals surface area contributed by atoms with Crippen LogP contribution in [0.25, 0.3) is 0 Å². The molecule has 1 N–H and O–H groups in total. The molecule has 0 aliphatic carbocycles. The van der Waals surface area contributed by atoms with Crippen molar-refractivity contribution in [2.75, 3.05) is 6.54 Å². The van der Waals surface area contributed by atoms with Crippen molar-refractivity contribution in [3.05, 3.63) is 29.8 Å². The highest BCUT2D eigenvalue weighted by Crippen LogP contribution is 2.18. The van der Waals surface area contributed by atoms with E-state index < -0.39 is 0 Å². The lowest BCUT2D eigenvalue weighted by Gasteiger charge is -2.05. The van der Waals surface area contributed by atoms with E-state index in [9.17, 15) is 0 Å². The largest absolute Gasteiger partial charge is 0.419 e. The average Bonchev–Trinajstić information content (AvgIpc) is 2.70. The second kappa shape index (κ2) is 6.29. The second-order valence-electron chi connectivity index (χ2n) is 4.37. The maximum absolute atomic E-state index is 5.62. The number of nitrogens with one attached hydrogen (secondary N) is 1. The molecule has 0 bridgehead atoms. The van der Waals surface area contributed by atoms with Crippen LogP contribution in [0.4, 0.5) is 0 Å². The molecule has 0 unspecified atom stereocenters. The highest BCUT2D eigenvalue weighted by Gasteiger charge is 2.05. The van der Waals surface area contributed by atoms with Crippen LogP contribution in [-0.2, 0) is 13.6 Å². The molecule has 0 aromatic carbocycles. The third-order valence-corrected chi connectivity index (χ3v) is 2.58. The lowest BCUT2D eigenvalue weighted by atomic mass is 10.4. The Morgan fingerprint density at radius 2 is 2.16 bits per heavy atom. The van der Waals surface area contributed by atoms with Gasteiger partial charge in [0.1, 0.15) is 0 Å². The van der Waals surface area contributed by atoms with Gasteiger partial charge in [-0.1, -0.05) is 6.92 Å². The van der Waals surface area contributed by atoms with Gasteiger partial charge in [-0.3, -0.25) is 4.98 Å². The first kappa shape index (κ1) is 13.5. The lowest BCUT2D eigenvalue weighted by Crippen LogP contribution is -2.14. The number of hydrogen-bond acceptors (Lipinski definition) is 5. The predicted octanol–water partition coefficient (Wildman–Crippen LogP) is 1.81. The van der Waals surface area contributed by atoms with Crippen LogP contribution in [0.15, 0.2) is 18.5 Å². The summed E-state index contributed by atoms with van der Waals surface area (Å²) in [7, 11) is 1.83. The fraction of sp³-hybridized carbons (Fsp3) is 0.462. The molecule has 0 aliphatic rings. The topological polar surface area (TPSA) is 64.9 Å². The van der Waals surface area contributed by atoms with Crippen LogP contribution < -0.4 is 10.1 Å². The summed E-state index contributed by atoms with van der Waals surface area (Å²) < 4.78 is 7.29. The van der Waals surface area contributed by atoms with Crippen molar-refractivity contribution in [3.63, 3.8) is 0 Å². The molecular weight excluding hydrogens is 242 g/mol. The number of hydrogen-bond donors (Lipinski definition) is 1. The summed E-state index contributed by atoms with van der Waals surface area (Å²) in [5.41, 5.74) is 1.81. The molecule has 19 heavy (non-hydrogen) atoms. The summed E-state index contributed by atoms with van der Waals surface area (Å²) in [6, 6.07) is 1.86. The normalized spacial score (nSPS) is 10.7. The Kier molecular flexibility index (Phi) is 4.46. The summed E-state index contributed by atoms with van der Waals surface area (Å²) in [5.74, 6) is 1.13. The van der Waals surface area contributed by atoms with Crippen LogP contribution in [-0.4, -0.2) is 26.3 Å². The van der Waals surface area contributed by atoms with Crippen molar-refractivity contribution in [3.8, 4) is 11.8 Å². The van der Waals surface area contributed by atoms with Gasteiger partial charge in [-0.25, -0.2) is 9.67 Å². The minimum Gasteiger partial charge on any atom is -0.419 e. The van der Waals surface area contributed by atoms with E-state index in [1.54, 1.807) is 17.1 Å². The molecule has 2 heterocycles. The van der Waals surface area contributed by atoms with E-state index in [-0.39, 0.29) is 0 Å². The van der Waals surface area contributed by atoms with Crippen LogP contribution in [0, 0.1) is 6.92 Å². The maximum Gasteiger partial charge on any atom is 0.239 e. The molecule has 0 atom stereocenters. The fourth-order valence-corrected chi connectivity index (χ4v) is 1.67. The van der Waals surface area contributed by atoms with Crippen molar-refractivity contribution in [2.45, 2.75) is 26.8 Å². The molecule has 0 radical (unpaired) electrons. The number of aryl methyl sites for hydroxylation is 2. The van der Waals surface area contributed by atoms with Gasteiger partial charge in [0, 0.05) is 19.7 Å². The van der Waals surface area contributed by atoms with Crippen molar-refractivity contribution < 1.29 is 4.74 Å². The Balaban J connectivity index is 1.96. The molecule has 6 heteroatoms. The Labute approximate surface area is 112 Å². The van der Waals surface area contributed by atoms with E-state index >= 15 is 0 Å². The first-order valence-corrected chi connectivity index (χ1v) is 6.39. The van der Waals surface area contributed by atoms with Gasteiger partial charge < -0.3 is 10.1 Å². The predicted molar refractivity (Wildman–Crippen MR) is 72.0 cm³/mol. The zero-order chi connectivity index (χ0) is 13.7. The van der Waals surface area contributed by atoms with Crippen LogP contribution in [0.2, 0.25) is 0 Å². The van der Waals surface area contributed by atoms with E-state index in [4.69, 9.17) is 4.74 Å². The molecule has 2 rings (SSSR count). The summed E-state index contributed by atoms with van der Waals surface area (Å²) in [6.45, 7) is 5.76. The van der Waals surface area contributed by atoms with Crippen LogP contribution in [0.3, 0.4) is 0 Å². The highest BCUT2D eigenvalue weighted by atomic mass is 16.5. The van der Waals surface area contributed by atoms with Crippen LogP contribution in [0.5, 0.6) is 11.8 Å². The summed E-state index contributed by atoms with van der Waals surface area (Å²) in [6.07, 6.45) is 4.46. The molecular formula is C13H19N5O. The first-order valence-electron chi connectivity index (χ1n) is 6.39. The maximum atomic E-state index is 5.62. The highest BCUT2D eigenvalue weighted by molar-refractivity contribution is 5.20. The summed E-state index contributed by atoms with van der Waals surface area (Å²) >= 11 is 0. The van der Waals surface area contributed by atoms with Crippen molar-refractivity contribution in [1.82, 2.24) is 25.1 Å². The van der Waals surface area contributed by atoms with Gasteiger partial charge in [0.2, 0.25) is 11.8 Å². The van der Waals surface area contributed by atoms with Gasteiger partial charge in [0.15, 0.2) is 0 Å². The molecule has 6 nitrogen and oxygen atoms in total. The first-order chi connectivity index (χ1) is 9.19. The van der Waals surface area contributed by atoms with Gasteiger partial charge in [0.25, 0.3) is 0 Å². The summed E-state index contributed by atoms with van der Waals surface area (Å²) in [5, 5.41) is 7.48. The van der Waals surface area contributed by atoms with E-state index in [1.807, 2.05) is 20.0 Å². The van der Waals surface area contributed by atoms with Crippen LogP contribution in [0.1, 0.15) is 24.7 Å². The third kappa shape index (κ3) is 3.75. The SMILES string of the molecule is CCCNCc1cnc(Oc2cc(C)nn2C)cn1. The van der Waals surface area contributed by atoms with E-state index in [2.05, 4.69) is 27.3 Å². The van der Waals surface area contributed by atoms with E-state index in [1.165, 1.54) is 0 Å². The molecule has 102 valence electrons. The average molecular weight is 261 g/mol. The molecule has 0 fully saturated rings. The van der Waals surface area contributed by atoms with Crippen molar-refractivity contribution in [2.24, 2.45) is 7.05 Å². The number of aromatic nitrogens is 4. The molecule has 0 saturated carbocycles. The number of nitrogens with zero attached hydrogens (tertiary/aromatic N) is 4. The second-order valence-corrected chi connectivity index (χ2v) is 4.37. The fourth-order valence-electron chi connectivity index (χ4n) is 1.67. The molecule has 2 aromatic rings. The van der Waals surface area contributed by atoms with Gasteiger partial charge in [-0.2, -0.15) is 5.10 Å². The minimum atomic E-state index is 0.474.